The highest BCUT2D eigenvalue weighted by atomic mass is 32.1. The molecule has 2 aromatic rings. The Labute approximate surface area is 181 Å². The van der Waals surface area contributed by atoms with Crippen LogP contribution in [-0.4, -0.2) is 62.5 Å². The van der Waals surface area contributed by atoms with Crippen molar-refractivity contribution in [2.75, 3.05) is 24.5 Å². The number of thiazole rings is 1. The van der Waals surface area contributed by atoms with E-state index in [1.807, 2.05) is 25.1 Å². The van der Waals surface area contributed by atoms with Crippen LogP contribution in [0.1, 0.15) is 30.0 Å². The second-order valence-corrected chi connectivity index (χ2v) is 8.90. The third-order valence-electron chi connectivity index (χ3n) is 5.47. The molecule has 4 rings (SSSR count). The van der Waals surface area contributed by atoms with E-state index in [2.05, 4.69) is 20.4 Å². The van der Waals surface area contributed by atoms with Crippen LogP contribution in [0.2, 0.25) is 0 Å². The molecule has 0 aliphatic carbocycles. The molecule has 2 aliphatic rings. The summed E-state index contributed by atoms with van der Waals surface area (Å²) in [6.07, 6.45) is 1.64. The van der Waals surface area contributed by atoms with Crippen molar-refractivity contribution in [2.24, 2.45) is 12.5 Å². The topological polar surface area (TPSA) is 91.6 Å². The first-order valence-electron chi connectivity index (χ1n) is 9.74. The predicted molar refractivity (Wildman–Crippen MR) is 108 cm³/mol. The quantitative estimate of drug-likeness (QED) is 0.759. The van der Waals surface area contributed by atoms with Gasteiger partial charge in [0.15, 0.2) is 0 Å². The van der Waals surface area contributed by atoms with Crippen molar-refractivity contribution in [1.29, 1.82) is 0 Å². The molecule has 2 saturated heterocycles. The summed E-state index contributed by atoms with van der Waals surface area (Å²) in [6, 6.07) is 0. The third-order valence-corrected chi connectivity index (χ3v) is 6.29. The molecule has 0 bridgehead atoms. The summed E-state index contributed by atoms with van der Waals surface area (Å²) in [5, 5.41) is 14.6. The number of rotatable bonds is 3. The van der Waals surface area contributed by atoms with Crippen molar-refractivity contribution in [3.8, 4) is 0 Å². The Bertz CT molecular complexity index is 944. The largest absolute Gasteiger partial charge is 0.490 e. The van der Waals surface area contributed by atoms with Crippen LogP contribution in [0, 0.1) is 12.3 Å². The number of hydrogen-bond donors (Lipinski definition) is 1. The number of carboxylic acid groups (broad SMARTS) is 1. The molecule has 12 heteroatoms. The van der Waals surface area contributed by atoms with E-state index in [1.165, 1.54) is 0 Å². The summed E-state index contributed by atoms with van der Waals surface area (Å²) in [5.41, 5.74) is 1.83. The Morgan fingerprint density at radius 1 is 1.32 bits per heavy atom. The van der Waals surface area contributed by atoms with Gasteiger partial charge in [0, 0.05) is 38.3 Å². The monoisotopic (exact) mass is 459 g/mol. The molecular formula is C19H24F3N5O3S. The molecule has 2 fully saturated rings. The number of alkyl halides is 3. The van der Waals surface area contributed by atoms with Gasteiger partial charge in [-0.3, -0.25) is 14.4 Å². The Balaban J connectivity index is 0.000000339. The number of halogens is 3. The van der Waals surface area contributed by atoms with Crippen LogP contribution in [0.15, 0.2) is 17.8 Å². The maximum absolute atomic E-state index is 13.1. The van der Waals surface area contributed by atoms with E-state index in [4.69, 9.17) is 9.90 Å². The molecule has 1 unspecified atom stereocenters. The molecule has 0 aromatic carbocycles. The molecule has 2 aliphatic heterocycles. The molecule has 4 heterocycles. The second kappa shape index (κ2) is 8.95. The molecule has 8 nitrogen and oxygen atoms in total. The number of aromatic nitrogens is 3. The first-order valence-corrected chi connectivity index (χ1v) is 10.6. The van der Waals surface area contributed by atoms with Gasteiger partial charge in [0.25, 0.3) is 0 Å². The summed E-state index contributed by atoms with van der Waals surface area (Å²) in [6.45, 7) is 5.59. The number of amides is 1. The number of aryl methyl sites for hydroxylation is 2. The van der Waals surface area contributed by atoms with Crippen LogP contribution < -0.4 is 4.90 Å². The van der Waals surface area contributed by atoms with Crippen LogP contribution >= 0.6 is 11.3 Å². The van der Waals surface area contributed by atoms with Crippen molar-refractivity contribution in [3.63, 3.8) is 0 Å². The summed E-state index contributed by atoms with van der Waals surface area (Å²) in [7, 11) is 1.89. The molecule has 0 radical (unpaired) electrons. The Hall–Kier alpha value is -2.47. The van der Waals surface area contributed by atoms with Crippen molar-refractivity contribution < 1.29 is 27.9 Å². The van der Waals surface area contributed by atoms with Crippen LogP contribution in [-0.2, 0) is 23.2 Å². The number of nitrogens with zero attached hydrogens (tertiary/aromatic N) is 5. The van der Waals surface area contributed by atoms with Crippen LogP contribution in [0.4, 0.5) is 18.9 Å². The highest BCUT2D eigenvalue weighted by Gasteiger charge is 2.49. The number of likely N-dealkylation sites (tertiary alicyclic amines) is 1. The lowest BCUT2D eigenvalue weighted by Gasteiger charge is -2.38. The van der Waals surface area contributed by atoms with Gasteiger partial charge in [-0.05, 0) is 32.7 Å². The van der Waals surface area contributed by atoms with E-state index in [9.17, 15) is 18.0 Å². The number of carboxylic acids is 1. The maximum atomic E-state index is 13.1. The highest BCUT2D eigenvalue weighted by molar-refractivity contribution is 7.09. The summed E-state index contributed by atoms with van der Waals surface area (Å²) in [5.74, 6) is -2.48. The summed E-state index contributed by atoms with van der Waals surface area (Å²) >= 11 is 1.70. The normalized spacial score (nSPS) is 22.0. The van der Waals surface area contributed by atoms with Gasteiger partial charge in [-0.2, -0.15) is 18.3 Å². The fraction of sp³-hybridized carbons (Fsp3) is 0.579. The van der Waals surface area contributed by atoms with Crippen LogP contribution in [0.3, 0.4) is 0 Å². The molecule has 170 valence electrons. The lowest BCUT2D eigenvalue weighted by Crippen LogP contribution is -2.47. The number of carbonyl (C=O) groups is 2. The Morgan fingerprint density at radius 2 is 2.03 bits per heavy atom. The lowest BCUT2D eigenvalue weighted by molar-refractivity contribution is -0.192. The van der Waals surface area contributed by atoms with Crippen molar-refractivity contribution in [3.05, 3.63) is 28.5 Å². The maximum Gasteiger partial charge on any atom is 0.490 e. The van der Waals surface area contributed by atoms with E-state index >= 15 is 0 Å². The molecule has 2 aromatic heterocycles. The molecule has 1 N–H and O–H groups in total. The average Bonchev–Trinajstić information content (AvgIpc) is 3.37. The third kappa shape index (κ3) is 5.42. The zero-order valence-corrected chi connectivity index (χ0v) is 18.0. The first kappa shape index (κ1) is 23.2. The van der Waals surface area contributed by atoms with Crippen molar-refractivity contribution in [1.82, 2.24) is 19.7 Å². The van der Waals surface area contributed by atoms with Gasteiger partial charge in [0.1, 0.15) is 0 Å². The van der Waals surface area contributed by atoms with E-state index < -0.39 is 12.1 Å². The van der Waals surface area contributed by atoms with Crippen LogP contribution in [0.5, 0.6) is 0 Å². The number of piperidine rings is 1. The highest BCUT2D eigenvalue weighted by Crippen LogP contribution is 2.42. The number of carbonyl (C=O) groups excluding carboxylic acids is 1. The average molecular weight is 459 g/mol. The first-order chi connectivity index (χ1) is 14.5. The Kier molecular flexibility index (Phi) is 6.70. The second-order valence-electron chi connectivity index (χ2n) is 7.83. The van der Waals surface area contributed by atoms with Gasteiger partial charge in [0.05, 0.1) is 28.0 Å². The van der Waals surface area contributed by atoms with Gasteiger partial charge >= 0.3 is 12.1 Å². The van der Waals surface area contributed by atoms with E-state index in [1.54, 1.807) is 22.2 Å². The van der Waals surface area contributed by atoms with Crippen LogP contribution in [0.25, 0.3) is 0 Å². The molecule has 1 amide bonds. The number of aliphatic carboxylic acids is 1. The van der Waals surface area contributed by atoms with Gasteiger partial charge in [0.2, 0.25) is 5.91 Å². The fourth-order valence-electron chi connectivity index (χ4n) is 4.07. The minimum atomic E-state index is -5.08. The fourth-order valence-corrected chi connectivity index (χ4v) is 4.67. The minimum absolute atomic E-state index is 0.223. The number of hydrogen-bond acceptors (Lipinski definition) is 6. The standard InChI is InChI=1S/C17H23N5OS.C2HF3O2/c1-13-19-14(11-24-13)9-21-6-3-4-17(12-21)5-7-22(16(17)23)15-8-18-20(2)10-15;3-2(4,5)1(6)7/h8,10-11H,3-7,9,12H2,1-2H3;(H,6,7). The predicted octanol–water partition coefficient (Wildman–Crippen LogP) is 2.84. The zero-order chi connectivity index (χ0) is 22.8. The molecule has 1 atom stereocenters. The smallest absolute Gasteiger partial charge is 0.475 e. The summed E-state index contributed by atoms with van der Waals surface area (Å²) < 4.78 is 33.5. The van der Waals surface area contributed by atoms with E-state index in [-0.39, 0.29) is 11.3 Å². The Morgan fingerprint density at radius 3 is 2.58 bits per heavy atom. The number of anilines is 1. The van der Waals surface area contributed by atoms with Gasteiger partial charge in [-0.15, -0.1) is 11.3 Å². The summed E-state index contributed by atoms with van der Waals surface area (Å²) in [4.78, 5) is 30.9. The van der Waals surface area contributed by atoms with Crippen molar-refractivity contribution >= 4 is 28.9 Å². The van der Waals surface area contributed by atoms with Crippen molar-refractivity contribution in [2.45, 2.75) is 38.9 Å². The van der Waals surface area contributed by atoms with E-state index in [0.29, 0.717) is 0 Å². The lowest BCUT2D eigenvalue weighted by atomic mass is 9.78. The van der Waals surface area contributed by atoms with E-state index in [0.717, 1.165) is 61.8 Å². The van der Waals surface area contributed by atoms with Gasteiger partial charge < -0.3 is 10.0 Å². The van der Waals surface area contributed by atoms with Gasteiger partial charge in [-0.1, -0.05) is 0 Å². The molecule has 1 spiro atoms. The zero-order valence-electron chi connectivity index (χ0n) is 17.2. The molecular weight excluding hydrogens is 435 g/mol. The minimum Gasteiger partial charge on any atom is -0.475 e. The molecule has 0 saturated carbocycles. The van der Waals surface area contributed by atoms with Gasteiger partial charge in [-0.25, -0.2) is 9.78 Å². The molecule has 31 heavy (non-hydrogen) atoms. The SMILES string of the molecule is Cc1nc(CN2CCCC3(CCN(c4cnn(C)c4)C3=O)C2)cs1.O=C(O)C(F)(F)F.